The third kappa shape index (κ3) is 7.15. The molecule has 0 saturated carbocycles. The van der Waals surface area contributed by atoms with Gasteiger partial charge in [0.15, 0.2) is 17.5 Å². The largest absolute Gasteiger partial charge is 0.310 e. The van der Waals surface area contributed by atoms with Crippen LogP contribution < -0.4 is 4.90 Å². The first-order valence-corrected chi connectivity index (χ1v) is 21.9. The van der Waals surface area contributed by atoms with Gasteiger partial charge in [0, 0.05) is 39.0 Å². The maximum Gasteiger partial charge on any atom is 0.164 e. The number of hydrogen-bond donors (Lipinski definition) is 0. The molecule has 0 atom stereocenters. The van der Waals surface area contributed by atoms with E-state index in [1.54, 1.807) is 0 Å². The molecule has 0 saturated heterocycles. The summed E-state index contributed by atoms with van der Waals surface area (Å²) in [6, 6.07) is 81.8. The Morgan fingerprint density at radius 1 is 0.297 bits per heavy atom. The van der Waals surface area contributed by atoms with Crippen LogP contribution in [-0.2, 0) is 5.41 Å². The number of fused-ring (bicyclic) bond motifs is 3. The van der Waals surface area contributed by atoms with Gasteiger partial charge >= 0.3 is 0 Å². The molecule has 0 spiro atoms. The van der Waals surface area contributed by atoms with Crippen LogP contribution in [0.15, 0.2) is 231 Å². The van der Waals surface area contributed by atoms with E-state index < -0.39 is 0 Å². The minimum Gasteiger partial charge on any atom is -0.310 e. The van der Waals surface area contributed by atoms with E-state index in [4.69, 9.17) is 15.0 Å². The molecule has 0 fully saturated rings. The Kier molecular flexibility index (Phi) is 9.82. The Bertz CT molecular complexity index is 3210. The van der Waals surface area contributed by atoms with Gasteiger partial charge in [0.2, 0.25) is 0 Å². The van der Waals surface area contributed by atoms with Gasteiger partial charge in [-0.2, -0.15) is 0 Å². The van der Waals surface area contributed by atoms with E-state index in [1.165, 1.54) is 44.5 Å². The lowest BCUT2D eigenvalue weighted by molar-refractivity contribution is 0.660. The molecule has 0 N–H and O–H groups in total. The van der Waals surface area contributed by atoms with Crippen molar-refractivity contribution in [2.75, 3.05) is 4.90 Å². The summed E-state index contributed by atoms with van der Waals surface area (Å²) in [7, 11) is 0. The van der Waals surface area contributed by atoms with E-state index in [1.807, 2.05) is 60.7 Å². The molecule has 0 bridgehead atoms. The Morgan fingerprint density at radius 3 is 1.41 bits per heavy atom. The average molecular weight is 821 g/mol. The van der Waals surface area contributed by atoms with E-state index in [2.05, 4.69) is 189 Å². The molecule has 0 aliphatic heterocycles. The summed E-state index contributed by atoms with van der Waals surface area (Å²) in [5, 5.41) is 0. The zero-order valence-corrected chi connectivity index (χ0v) is 35.7. The number of hydrogen-bond acceptors (Lipinski definition) is 4. The maximum atomic E-state index is 5.02. The highest BCUT2D eigenvalue weighted by Crippen LogP contribution is 2.52. The van der Waals surface area contributed by atoms with Crippen molar-refractivity contribution in [3.8, 4) is 78.7 Å². The van der Waals surface area contributed by atoms with Crippen molar-refractivity contribution >= 4 is 17.1 Å². The molecule has 10 aromatic rings. The van der Waals surface area contributed by atoms with Gasteiger partial charge in [0.1, 0.15) is 0 Å². The van der Waals surface area contributed by atoms with Crippen molar-refractivity contribution in [3.63, 3.8) is 0 Å². The van der Waals surface area contributed by atoms with E-state index in [-0.39, 0.29) is 5.41 Å². The van der Waals surface area contributed by atoms with E-state index in [9.17, 15) is 0 Å². The lowest BCUT2D eigenvalue weighted by Gasteiger charge is -2.29. The molecule has 1 heterocycles. The number of rotatable bonds is 9. The lowest BCUT2D eigenvalue weighted by atomic mass is 9.81. The van der Waals surface area contributed by atoms with Gasteiger partial charge < -0.3 is 4.90 Å². The number of para-hydroxylation sites is 1. The van der Waals surface area contributed by atoms with Crippen LogP contribution in [0.4, 0.5) is 17.1 Å². The fourth-order valence-corrected chi connectivity index (χ4v) is 9.23. The summed E-state index contributed by atoms with van der Waals surface area (Å²) < 4.78 is 0. The minimum atomic E-state index is -0.218. The molecular formula is C60H44N4. The zero-order chi connectivity index (χ0) is 43.0. The summed E-state index contributed by atoms with van der Waals surface area (Å²) in [5.41, 5.74) is 18.1. The Morgan fingerprint density at radius 2 is 0.766 bits per heavy atom. The summed E-state index contributed by atoms with van der Waals surface area (Å²) in [6.45, 7) is 4.70. The average Bonchev–Trinajstić information content (AvgIpc) is 3.59. The van der Waals surface area contributed by atoms with Gasteiger partial charge in [-0.3, -0.25) is 0 Å². The molecule has 0 unspecified atom stereocenters. The second-order valence-electron chi connectivity index (χ2n) is 16.9. The highest BCUT2D eigenvalue weighted by atomic mass is 15.1. The Balaban J connectivity index is 0.991. The third-order valence-corrected chi connectivity index (χ3v) is 12.5. The molecule has 9 aromatic carbocycles. The molecule has 64 heavy (non-hydrogen) atoms. The molecule has 11 rings (SSSR count). The van der Waals surface area contributed by atoms with Gasteiger partial charge in [-0.1, -0.05) is 202 Å². The SMILES string of the molecule is CC1(C)c2ccc(N(c3ccc(-c4ccccc4)cc3)c3ccccc3-c3ccccc3)cc2-c2ccc(-c3cccc(-c4nc(-c5ccccc5)nc(-c5ccccc5)n4)c3)cc21. The molecule has 1 aliphatic rings. The zero-order valence-electron chi connectivity index (χ0n) is 35.7. The molecule has 4 heteroatoms. The van der Waals surface area contributed by atoms with Gasteiger partial charge in [-0.25, -0.2) is 15.0 Å². The Labute approximate surface area is 374 Å². The monoisotopic (exact) mass is 820 g/mol. The number of anilines is 3. The second-order valence-corrected chi connectivity index (χ2v) is 16.9. The topological polar surface area (TPSA) is 41.9 Å². The molecule has 0 amide bonds. The number of aromatic nitrogens is 3. The maximum absolute atomic E-state index is 5.02. The van der Waals surface area contributed by atoms with Crippen LogP contribution in [0.5, 0.6) is 0 Å². The van der Waals surface area contributed by atoms with Gasteiger partial charge in [0.05, 0.1) is 5.69 Å². The van der Waals surface area contributed by atoms with Crippen LogP contribution in [0.3, 0.4) is 0 Å². The van der Waals surface area contributed by atoms with Crippen LogP contribution in [-0.4, -0.2) is 15.0 Å². The van der Waals surface area contributed by atoms with E-state index >= 15 is 0 Å². The van der Waals surface area contributed by atoms with Gasteiger partial charge in [0.25, 0.3) is 0 Å². The second kappa shape index (κ2) is 16.2. The number of benzene rings is 9. The summed E-state index contributed by atoms with van der Waals surface area (Å²) >= 11 is 0. The standard InChI is InChI=1S/C60H44N4/c1-60(2)54-37-35-50(64(49-33-30-42(31-34-49)41-18-7-3-8-19-41)56-29-16-15-28-51(56)43-20-9-4-10-21-43)40-53(54)52-36-32-47(39-55(52)60)46-26-17-27-48(38-46)59-62-57(44-22-11-5-12-23-44)61-58(63-59)45-24-13-6-14-25-45/h3-40H,1-2H3. The predicted octanol–water partition coefficient (Wildman–Crippen LogP) is 15.6. The molecule has 4 nitrogen and oxygen atoms in total. The highest BCUT2D eigenvalue weighted by Gasteiger charge is 2.36. The fraction of sp³-hybridized carbons (Fsp3) is 0.0500. The fourth-order valence-electron chi connectivity index (χ4n) is 9.23. The quantitative estimate of drug-likeness (QED) is 0.145. The van der Waals surface area contributed by atoms with Crippen LogP contribution in [0.25, 0.3) is 78.7 Å². The minimum absolute atomic E-state index is 0.218. The van der Waals surface area contributed by atoms with Crippen LogP contribution in [0, 0.1) is 0 Å². The summed E-state index contributed by atoms with van der Waals surface area (Å²) in [4.78, 5) is 17.4. The molecule has 0 radical (unpaired) electrons. The van der Waals surface area contributed by atoms with Crippen molar-refractivity contribution in [2.24, 2.45) is 0 Å². The number of nitrogens with zero attached hydrogens (tertiary/aromatic N) is 4. The van der Waals surface area contributed by atoms with Gasteiger partial charge in [-0.05, 0) is 92.5 Å². The molecule has 1 aliphatic carbocycles. The first-order valence-electron chi connectivity index (χ1n) is 21.9. The van der Waals surface area contributed by atoms with Gasteiger partial charge in [-0.15, -0.1) is 0 Å². The summed E-state index contributed by atoms with van der Waals surface area (Å²) in [5.74, 6) is 1.94. The van der Waals surface area contributed by atoms with Crippen molar-refractivity contribution in [1.29, 1.82) is 0 Å². The molecule has 304 valence electrons. The van der Waals surface area contributed by atoms with Crippen LogP contribution in [0.1, 0.15) is 25.0 Å². The molecular weight excluding hydrogens is 777 g/mol. The molecule has 1 aromatic heterocycles. The first kappa shape index (κ1) is 38.7. The van der Waals surface area contributed by atoms with Crippen LogP contribution in [0.2, 0.25) is 0 Å². The van der Waals surface area contributed by atoms with Crippen molar-refractivity contribution in [3.05, 3.63) is 242 Å². The predicted molar refractivity (Wildman–Crippen MR) is 265 cm³/mol. The third-order valence-electron chi connectivity index (χ3n) is 12.5. The van der Waals surface area contributed by atoms with E-state index in [0.717, 1.165) is 44.9 Å². The normalized spacial score (nSPS) is 12.3. The van der Waals surface area contributed by atoms with Crippen molar-refractivity contribution < 1.29 is 0 Å². The van der Waals surface area contributed by atoms with E-state index in [0.29, 0.717) is 17.5 Å². The highest BCUT2D eigenvalue weighted by molar-refractivity contribution is 5.92. The van der Waals surface area contributed by atoms with Crippen molar-refractivity contribution in [2.45, 2.75) is 19.3 Å². The lowest BCUT2D eigenvalue weighted by Crippen LogP contribution is -2.15. The smallest absolute Gasteiger partial charge is 0.164 e. The van der Waals surface area contributed by atoms with Crippen molar-refractivity contribution in [1.82, 2.24) is 15.0 Å². The summed E-state index contributed by atoms with van der Waals surface area (Å²) in [6.07, 6.45) is 0. The van der Waals surface area contributed by atoms with Crippen LogP contribution >= 0.6 is 0 Å². The first-order chi connectivity index (χ1) is 31.5. The Hall–Kier alpha value is -8.21.